The quantitative estimate of drug-likeness (QED) is 0.681. The molecule has 0 fully saturated rings. The van der Waals surface area contributed by atoms with Gasteiger partial charge in [-0.05, 0) is 12.5 Å². The van der Waals surface area contributed by atoms with E-state index in [1.807, 2.05) is 0 Å². The van der Waals surface area contributed by atoms with E-state index in [4.69, 9.17) is 5.11 Å². The summed E-state index contributed by atoms with van der Waals surface area (Å²) in [6.07, 6.45) is -2.14. The third kappa shape index (κ3) is 3.94. The molecule has 74 valence electrons. The topological polar surface area (TPSA) is 20.2 Å². The Bertz CT molecular complexity index is 226. The van der Waals surface area contributed by atoms with Crippen molar-refractivity contribution in [1.29, 1.82) is 0 Å². The van der Waals surface area contributed by atoms with Gasteiger partial charge in [0.2, 0.25) is 0 Å². The van der Waals surface area contributed by atoms with Crippen LogP contribution in [0.15, 0.2) is 36.5 Å². The van der Waals surface area contributed by atoms with Crippen molar-refractivity contribution in [1.82, 2.24) is 0 Å². The zero-order valence-corrected chi connectivity index (χ0v) is 7.17. The van der Waals surface area contributed by atoms with Crippen LogP contribution in [0.5, 0.6) is 0 Å². The first-order chi connectivity index (χ1) is 5.93. The van der Waals surface area contributed by atoms with Crippen LogP contribution < -0.4 is 0 Å². The molecule has 0 aliphatic rings. The average molecular weight is 192 g/mol. The molecular weight excluding hydrogens is 181 g/mol. The van der Waals surface area contributed by atoms with Gasteiger partial charge in [0.25, 0.3) is 0 Å². The zero-order chi connectivity index (χ0) is 10.5. The van der Waals surface area contributed by atoms with Crippen molar-refractivity contribution < 1.29 is 18.3 Å². The molecular formula is C9H11F3O. The van der Waals surface area contributed by atoms with E-state index in [1.165, 1.54) is 18.2 Å². The Morgan fingerprint density at radius 3 is 2.31 bits per heavy atom. The van der Waals surface area contributed by atoms with E-state index in [0.717, 1.165) is 6.08 Å². The summed E-state index contributed by atoms with van der Waals surface area (Å²) < 4.78 is 36.0. The molecule has 1 N–H and O–H groups in total. The van der Waals surface area contributed by atoms with Gasteiger partial charge in [0.15, 0.2) is 6.10 Å². The minimum atomic E-state index is -4.63. The molecule has 0 aromatic carbocycles. The molecule has 0 aromatic heterocycles. The van der Waals surface area contributed by atoms with Gasteiger partial charge in [0.05, 0.1) is 0 Å². The highest BCUT2D eigenvalue weighted by Crippen LogP contribution is 2.25. The van der Waals surface area contributed by atoms with Crippen LogP contribution in [0.3, 0.4) is 0 Å². The molecule has 0 heterocycles. The van der Waals surface area contributed by atoms with Gasteiger partial charge >= 0.3 is 6.18 Å². The minimum Gasteiger partial charge on any atom is -0.379 e. The van der Waals surface area contributed by atoms with Crippen LogP contribution >= 0.6 is 0 Å². The lowest BCUT2D eigenvalue weighted by molar-refractivity contribution is -0.190. The fourth-order valence-corrected chi connectivity index (χ4v) is 0.755. The van der Waals surface area contributed by atoms with Crippen molar-refractivity contribution in [2.45, 2.75) is 19.2 Å². The van der Waals surface area contributed by atoms with E-state index in [-0.39, 0.29) is 5.57 Å². The maximum atomic E-state index is 12.0. The van der Waals surface area contributed by atoms with Crippen LogP contribution in [0.4, 0.5) is 13.2 Å². The lowest BCUT2D eigenvalue weighted by atomic mass is 10.1. The molecule has 0 saturated carbocycles. The Labute approximate surface area is 74.9 Å². The molecule has 0 bridgehead atoms. The summed E-state index contributed by atoms with van der Waals surface area (Å²) in [6.45, 7) is 4.83. The van der Waals surface area contributed by atoms with E-state index in [0.29, 0.717) is 0 Å². The summed E-state index contributed by atoms with van der Waals surface area (Å²) in [4.78, 5) is 0. The lowest BCUT2D eigenvalue weighted by Crippen LogP contribution is -2.29. The summed E-state index contributed by atoms with van der Waals surface area (Å²) in [5.74, 6) is 0. The van der Waals surface area contributed by atoms with Crippen LogP contribution in [0.1, 0.15) is 6.92 Å². The number of aliphatic hydroxyl groups is 1. The predicted octanol–water partition coefficient (Wildman–Crippen LogP) is 2.60. The Balaban J connectivity index is 4.76. The second-order valence-electron chi connectivity index (χ2n) is 2.35. The highest BCUT2D eigenvalue weighted by Gasteiger charge is 2.39. The van der Waals surface area contributed by atoms with Gasteiger partial charge in [-0.3, -0.25) is 0 Å². The summed E-state index contributed by atoms with van der Waals surface area (Å²) in [5.41, 5.74) is -0.218. The Kier molecular flexibility index (Phi) is 4.48. The second-order valence-corrected chi connectivity index (χ2v) is 2.35. The predicted molar refractivity (Wildman–Crippen MR) is 45.2 cm³/mol. The lowest BCUT2D eigenvalue weighted by Gasteiger charge is -2.15. The molecule has 1 unspecified atom stereocenters. The maximum absolute atomic E-state index is 12.0. The van der Waals surface area contributed by atoms with Gasteiger partial charge < -0.3 is 5.11 Å². The van der Waals surface area contributed by atoms with E-state index in [1.54, 1.807) is 6.92 Å². The van der Waals surface area contributed by atoms with Crippen molar-refractivity contribution in [3.05, 3.63) is 36.5 Å². The molecule has 0 radical (unpaired) electrons. The van der Waals surface area contributed by atoms with Crippen LogP contribution in [-0.4, -0.2) is 17.4 Å². The molecule has 4 heteroatoms. The van der Waals surface area contributed by atoms with Gasteiger partial charge in [0, 0.05) is 0 Å². The summed E-state index contributed by atoms with van der Waals surface area (Å²) >= 11 is 0. The maximum Gasteiger partial charge on any atom is 0.418 e. The number of alkyl halides is 3. The van der Waals surface area contributed by atoms with Gasteiger partial charge in [-0.25, -0.2) is 0 Å². The zero-order valence-electron chi connectivity index (χ0n) is 7.17. The van der Waals surface area contributed by atoms with Gasteiger partial charge in [-0.1, -0.05) is 30.9 Å². The fourth-order valence-electron chi connectivity index (χ4n) is 0.755. The average Bonchev–Trinajstić information content (AvgIpc) is 2.01. The van der Waals surface area contributed by atoms with Crippen molar-refractivity contribution in [3.8, 4) is 0 Å². The number of rotatable bonds is 3. The first-order valence-electron chi connectivity index (χ1n) is 3.63. The van der Waals surface area contributed by atoms with Crippen LogP contribution in [0.2, 0.25) is 0 Å². The Hall–Kier alpha value is -1.03. The summed E-state index contributed by atoms with van der Waals surface area (Å²) in [7, 11) is 0. The van der Waals surface area contributed by atoms with Gasteiger partial charge in [-0.15, -0.1) is 0 Å². The molecule has 1 atom stereocenters. The Morgan fingerprint density at radius 1 is 1.46 bits per heavy atom. The SMILES string of the molecule is C=C/C=C(\C=C/C)C(O)C(F)(F)F. The molecule has 0 saturated heterocycles. The van der Waals surface area contributed by atoms with Crippen molar-refractivity contribution in [2.75, 3.05) is 0 Å². The van der Waals surface area contributed by atoms with Crippen LogP contribution in [-0.2, 0) is 0 Å². The van der Waals surface area contributed by atoms with E-state index in [9.17, 15) is 13.2 Å². The summed E-state index contributed by atoms with van der Waals surface area (Å²) in [5, 5.41) is 8.82. The van der Waals surface area contributed by atoms with Crippen LogP contribution in [0, 0.1) is 0 Å². The minimum absolute atomic E-state index is 0.218. The molecule has 0 aliphatic carbocycles. The number of allylic oxidation sites excluding steroid dienone is 3. The van der Waals surface area contributed by atoms with Crippen LogP contribution in [0.25, 0.3) is 0 Å². The highest BCUT2D eigenvalue weighted by molar-refractivity contribution is 5.27. The van der Waals surface area contributed by atoms with E-state index >= 15 is 0 Å². The number of hydrogen-bond donors (Lipinski definition) is 1. The van der Waals surface area contributed by atoms with Gasteiger partial charge in [-0.2, -0.15) is 13.2 Å². The van der Waals surface area contributed by atoms with Crippen molar-refractivity contribution >= 4 is 0 Å². The molecule has 1 nitrogen and oxygen atoms in total. The normalized spacial score (nSPS) is 16.2. The molecule has 0 amide bonds. The largest absolute Gasteiger partial charge is 0.418 e. The van der Waals surface area contributed by atoms with Crippen molar-refractivity contribution in [3.63, 3.8) is 0 Å². The molecule has 0 aliphatic heterocycles. The first kappa shape index (κ1) is 12.0. The number of halogens is 3. The number of aliphatic hydroxyl groups excluding tert-OH is 1. The molecule has 0 rings (SSSR count). The first-order valence-corrected chi connectivity index (χ1v) is 3.63. The smallest absolute Gasteiger partial charge is 0.379 e. The number of hydrogen-bond acceptors (Lipinski definition) is 1. The fraction of sp³-hybridized carbons (Fsp3) is 0.333. The third-order valence-electron chi connectivity index (χ3n) is 1.30. The van der Waals surface area contributed by atoms with Gasteiger partial charge in [0.1, 0.15) is 0 Å². The van der Waals surface area contributed by atoms with Crippen molar-refractivity contribution in [2.24, 2.45) is 0 Å². The standard InChI is InChI=1S/C9H11F3O/c1-3-5-7(6-4-2)8(13)9(10,11)12/h3-6,8,13H,1H2,2H3/b6-4-,7-5+. The molecule has 0 aromatic rings. The molecule has 13 heavy (non-hydrogen) atoms. The second kappa shape index (κ2) is 4.87. The Morgan fingerprint density at radius 2 is 2.00 bits per heavy atom. The summed E-state index contributed by atoms with van der Waals surface area (Å²) in [6, 6.07) is 0. The third-order valence-corrected chi connectivity index (χ3v) is 1.30. The van der Waals surface area contributed by atoms with E-state index < -0.39 is 12.3 Å². The monoisotopic (exact) mass is 192 g/mol. The van der Waals surface area contributed by atoms with E-state index in [2.05, 4.69) is 6.58 Å². The molecule has 0 spiro atoms. The highest BCUT2D eigenvalue weighted by atomic mass is 19.4.